The number of piperidine rings is 1. The first-order valence-corrected chi connectivity index (χ1v) is 8.00. The van der Waals surface area contributed by atoms with Crippen molar-refractivity contribution in [2.75, 3.05) is 18.0 Å². The number of hydrogen-bond acceptors (Lipinski definition) is 3. The molecule has 6 heteroatoms. The minimum Gasteiger partial charge on any atom is -0.367 e. The number of benzene rings is 1. The SMILES string of the molecule is CCn1cc(C(=O)N[C@H]2CCCN(c3ccccc3F)C2)cn1. The highest BCUT2D eigenvalue weighted by Crippen LogP contribution is 2.23. The van der Waals surface area contributed by atoms with Gasteiger partial charge in [0.25, 0.3) is 5.91 Å². The Morgan fingerprint density at radius 3 is 3.00 bits per heavy atom. The maximum atomic E-state index is 13.9. The Kier molecular flexibility index (Phi) is 4.60. The Hall–Kier alpha value is -2.37. The number of carbonyl (C=O) groups is 1. The van der Waals surface area contributed by atoms with Gasteiger partial charge >= 0.3 is 0 Å². The highest BCUT2D eigenvalue weighted by atomic mass is 19.1. The van der Waals surface area contributed by atoms with Crippen LogP contribution in [0, 0.1) is 5.82 Å². The quantitative estimate of drug-likeness (QED) is 0.942. The second kappa shape index (κ2) is 6.81. The van der Waals surface area contributed by atoms with E-state index in [1.165, 1.54) is 6.07 Å². The number of aryl methyl sites for hydroxylation is 1. The zero-order valence-corrected chi connectivity index (χ0v) is 13.2. The van der Waals surface area contributed by atoms with E-state index in [0.717, 1.165) is 25.9 Å². The molecule has 0 radical (unpaired) electrons. The van der Waals surface area contributed by atoms with Crippen molar-refractivity contribution in [3.8, 4) is 0 Å². The molecule has 5 nitrogen and oxygen atoms in total. The number of aromatic nitrogens is 2. The standard InChI is InChI=1S/C17H21FN4O/c1-2-22-11-13(10-19-22)17(23)20-14-6-5-9-21(12-14)16-8-4-3-7-15(16)18/h3-4,7-8,10-11,14H,2,5-6,9,12H2,1H3,(H,20,23)/t14-/m0/s1. The third-order valence-electron chi connectivity index (χ3n) is 4.17. The molecule has 1 aromatic carbocycles. The van der Waals surface area contributed by atoms with Gasteiger partial charge in [-0.05, 0) is 31.9 Å². The summed E-state index contributed by atoms with van der Waals surface area (Å²) in [4.78, 5) is 14.3. The van der Waals surface area contributed by atoms with Gasteiger partial charge in [-0.15, -0.1) is 0 Å². The van der Waals surface area contributed by atoms with Crippen molar-refractivity contribution in [1.82, 2.24) is 15.1 Å². The van der Waals surface area contributed by atoms with Crippen LogP contribution < -0.4 is 10.2 Å². The highest BCUT2D eigenvalue weighted by molar-refractivity contribution is 5.93. The van der Waals surface area contributed by atoms with E-state index in [-0.39, 0.29) is 17.8 Å². The number of hydrogen-bond donors (Lipinski definition) is 1. The number of carbonyl (C=O) groups excluding carboxylic acids is 1. The lowest BCUT2D eigenvalue weighted by Crippen LogP contribution is -2.48. The molecule has 0 saturated carbocycles. The molecule has 2 aromatic rings. The van der Waals surface area contributed by atoms with Crippen LogP contribution in [0.15, 0.2) is 36.7 Å². The molecule has 0 spiro atoms. The van der Waals surface area contributed by atoms with E-state index in [1.807, 2.05) is 17.9 Å². The first kappa shape index (κ1) is 15.5. The van der Waals surface area contributed by atoms with E-state index in [9.17, 15) is 9.18 Å². The summed E-state index contributed by atoms with van der Waals surface area (Å²) < 4.78 is 15.7. The van der Waals surface area contributed by atoms with Crippen molar-refractivity contribution in [3.63, 3.8) is 0 Å². The summed E-state index contributed by atoms with van der Waals surface area (Å²) in [7, 11) is 0. The smallest absolute Gasteiger partial charge is 0.254 e. The van der Waals surface area contributed by atoms with E-state index in [1.54, 1.807) is 29.2 Å². The Bertz CT molecular complexity index is 685. The minimum absolute atomic E-state index is 0.0147. The average Bonchev–Trinajstić information content (AvgIpc) is 3.05. The lowest BCUT2D eigenvalue weighted by atomic mass is 10.0. The number of halogens is 1. The molecule has 1 atom stereocenters. The van der Waals surface area contributed by atoms with Gasteiger partial charge in [-0.2, -0.15) is 5.10 Å². The van der Waals surface area contributed by atoms with Gasteiger partial charge in [0, 0.05) is 31.9 Å². The second-order valence-electron chi connectivity index (χ2n) is 5.79. The van der Waals surface area contributed by atoms with Crippen LogP contribution in [0.2, 0.25) is 0 Å². The Morgan fingerprint density at radius 1 is 1.43 bits per heavy atom. The van der Waals surface area contributed by atoms with Gasteiger partial charge in [0.15, 0.2) is 0 Å². The molecule has 1 aromatic heterocycles. The Labute approximate surface area is 135 Å². The fourth-order valence-electron chi connectivity index (χ4n) is 2.94. The number of nitrogens with zero attached hydrogens (tertiary/aromatic N) is 3. The topological polar surface area (TPSA) is 50.2 Å². The van der Waals surface area contributed by atoms with Gasteiger partial charge in [0.2, 0.25) is 0 Å². The van der Waals surface area contributed by atoms with Crippen LogP contribution in [0.4, 0.5) is 10.1 Å². The van der Waals surface area contributed by atoms with Crippen molar-refractivity contribution in [1.29, 1.82) is 0 Å². The van der Waals surface area contributed by atoms with E-state index in [2.05, 4.69) is 10.4 Å². The van der Waals surface area contributed by atoms with E-state index < -0.39 is 0 Å². The van der Waals surface area contributed by atoms with Gasteiger partial charge in [0.05, 0.1) is 17.4 Å². The minimum atomic E-state index is -0.219. The first-order chi connectivity index (χ1) is 11.2. The normalized spacial score (nSPS) is 18.0. The van der Waals surface area contributed by atoms with Gasteiger partial charge in [-0.25, -0.2) is 4.39 Å². The second-order valence-corrected chi connectivity index (χ2v) is 5.79. The van der Waals surface area contributed by atoms with Gasteiger partial charge in [0.1, 0.15) is 5.82 Å². The van der Waals surface area contributed by atoms with Gasteiger partial charge in [-0.3, -0.25) is 9.48 Å². The number of anilines is 1. The van der Waals surface area contributed by atoms with Crippen LogP contribution in [0.3, 0.4) is 0 Å². The number of rotatable bonds is 4. The van der Waals surface area contributed by atoms with Crippen molar-refractivity contribution in [2.24, 2.45) is 0 Å². The molecule has 1 amide bonds. The van der Waals surface area contributed by atoms with Crippen molar-refractivity contribution < 1.29 is 9.18 Å². The molecule has 0 aliphatic carbocycles. The van der Waals surface area contributed by atoms with Crippen molar-refractivity contribution >= 4 is 11.6 Å². The number of para-hydroxylation sites is 1. The average molecular weight is 316 g/mol. The largest absolute Gasteiger partial charge is 0.367 e. The molecule has 0 bridgehead atoms. The van der Waals surface area contributed by atoms with Crippen LogP contribution in [0.1, 0.15) is 30.1 Å². The highest BCUT2D eigenvalue weighted by Gasteiger charge is 2.23. The zero-order chi connectivity index (χ0) is 16.2. The van der Waals surface area contributed by atoms with Crippen molar-refractivity contribution in [3.05, 3.63) is 48.0 Å². The summed E-state index contributed by atoms with van der Waals surface area (Å²) in [6, 6.07) is 6.79. The molecular weight excluding hydrogens is 295 g/mol. The molecule has 1 saturated heterocycles. The predicted octanol–water partition coefficient (Wildman–Crippen LogP) is 2.44. The van der Waals surface area contributed by atoms with Crippen LogP contribution in [-0.2, 0) is 6.54 Å². The summed E-state index contributed by atoms with van der Waals surface area (Å²) in [5, 5.41) is 7.15. The lowest BCUT2D eigenvalue weighted by Gasteiger charge is -2.34. The van der Waals surface area contributed by atoms with Crippen LogP contribution in [0.5, 0.6) is 0 Å². The fourth-order valence-corrected chi connectivity index (χ4v) is 2.94. The van der Waals surface area contributed by atoms with Crippen LogP contribution in [0.25, 0.3) is 0 Å². The summed E-state index contributed by atoms with van der Waals surface area (Å²) in [5.41, 5.74) is 1.17. The molecular formula is C17H21FN4O. The Morgan fingerprint density at radius 2 is 2.26 bits per heavy atom. The monoisotopic (exact) mass is 316 g/mol. The van der Waals surface area contributed by atoms with E-state index in [0.29, 0.717) is 17.8 Å². The molecule has 1 N–H and O–H groups in total. The molecule has 23 heavy (non-hydrogen) atoms. The zero-order valence-electron chi connectivity index (χ0n) is 13.2. The summed E-state index contributed by atoms with van der Waals surface area (Å²) in [6.07, 6.45) is 5.15. The van der Waals surface area contributed by atoms with Gasteiger partial charge < -0.3 is 10.2 Å². The molecule has 1 aliphatic heterocycles. The molecule has 1 aliphatic rings. The fraction of sp³-hybridized carbons (Fsp3) is 0.412. The van der Waals surface area contributed by atoms with E-state index in [4.69, 9.17) is 0 Å². The van der Waals surface area contributed by atoms with Crippen LogP contribution >= 0.6 is 0 Å². The third-order valence-corrected chi connectivity index (χ3v) is 4.17. The molecule has 0 unspecified atom stereocenters. The predicted molar refractivity (Wildman–Crippen MR) is 87.0 cm³/mol. The lowest BCUT2D eigenvalue weighted by molar-refractivity contribution is 0.0933. The van der Waals surface area contributed by atoms with Crippen LogP contribution in [-0.4, -0.2) is 34.8 Å². The number of nitrogens with one attached hydrogen (secondary N) is 1. The maximum absolute atomic E-state index is 13.9. The first-order valence-electron chi connectivity index (χ1n) is 8.00. The summed E-state index contributed by atoms with van der Waals surface area (Å²) in [6.45, 7) is 4.13. The van der Waals surface area contributed by atoms with E-state index >= 15 is 0 Å². The molecule has 3 rings (SSSR count). The number of amides is 1. The molecule has 1 fully saturated rings. The maximum Gasteiger partial charge on any atom is 0.254 e. The van der Waals surface area contributed by atoms with Crippen molar-refractivity contribution in [2.45, 2.75) is 32.4 Å². The summed E-state index contributed by atoms with van der Waals surface area (Å²) in [5.74, 6) is -0.339. The van der Waals surface area contributed by atoms with Gasteiger partial charge in [-0.1, -0.05) is 12.1 Å². The Balaban J connectivity index is 1.64. The summed E-state index contributed by atoms with van der Waals surface area (Å²) >= 11 is 0. The third kappa shape index (κ3) is 3.52. The molecule has 122 valence electrons. The molecule has 2 heterocycles.